The predicted molar refractivity (Wildman–Crippen MR) is 250 cm³/mol. The molecule has 16 aliphatic rings. The van der Waals surface area contributed by atoms with Crippen LogP contribution in [-0.4, -0.2) is 20.3 Å². The number of ether oxygens (including phenoxy) is 2. The third kappa shape index (κ3) is 6.69. The van der Waals surface area contributed by atoms with E-state index in [0.29, 0.717) is 5.92 Å². The predicted octanol–water partition coefficient (Wildman–Crippen LogP) is 11.9. The number of hydrogen-bond donors (Lipinski definition) is 2. The van der Waals surface area contributed by atoms with Crippen molar-refractivity contribution in [2.45, 2.75) is 89.3 Å². The molecule has 0 radical (unpaired) electrons. The van der Waals surface area contributed by atoms with Gasteiger partial charge in [0.15, 0.2) is 0 Å². The lowest BCUT2D eigenvalue weighted by atomic mass is 9.64. The van der Waals surface area contributed by atoms with Crippen LogP contribution in [-0.2, 0) is 20.5 Å². The molecule has 0 saturated carbocycles. The number of nitrogens with one attached hydrogen (secondary N) is 2. The molecule has 0 spiro atoms. The quantitative estimate of drug-likeness (QED) is 0.277. The number of benzene rings is 3. The van der Waals surface area contributed by atoms with E-state index in [1.54, 1.807) is 0 Å². The average Bonchev–Trinajstić information content (AvgIpc) is 3.32. The van der Waals surface area contributed by atoms with Crippen molar-refractivity contribution in [2.75, 3.05) is 24.9 Å². The van der Waals surface area contributed by atoms with Crippen LogP contribution < -0.4 is 21.1 Å². The minimum absolute atomic E-state index is 0.0579. The summed E-state index contributed by atoms with van der Waals surface area (Å²) < 4.78 is 12.7. The van der Waals surface area contributed by atoms with Crippen LogP contribution in [0.2, 0.25) is 0 Å². The fourth-order valence-electron chi connectivity index (χ4n) is 11.0. The second kappa shape index (κ2) is 15.6. The molecule has 17 bridgehead atoms. The van der Waals surface area contributed by atoms with Gasteiger partial charge in [0.05, 0.1) is 17.5 Å². The minimum Gasteiger partial charge on any atom is -0.376 e. The first kappa shape index (κ1) is 38.8. The molecule has 12 aliphatic heterocycles. The van der Waals surface area contributed by atoms with Crippen molar-refractivity contribution >= 4 is 34.8 Å². The Hall–Kier alpha value is -5.42. The first-order chi connectivity index (χ1) is 29.3. The average molecular weight is 791 g/mol. The molecule has 60 heavy (non-hydrogen) atoms. The maximum absolute atomic E-state index is 6.45. The highest BCUT2D eigenvalue weighted by molar-refractivity contribution is 5.91. The molecular formula is C56H58N2O2. The molecule has 4 heteroatoms. The molecule has 5 unspecified atom stereocenters. The van der Waals surface area contributed by atoms with Crippen molar-refractivity contribution in [1.29, 1.82) is 0 Å². The summed E-state index contributed by atoms with van der Waals surface area (Å²) in [6.45, 7) is 7.10. The maximum Gasteiger partial charge on any atom is 0.111 e. The number of hydrogen-bond acceptors (Lipinski definition) is 4. The standard InChI is InChI=1S/C56H58N2O2/c1-6-55(2)46-23-15-36(16-24-46)43-21-29-50(52(34-43)59-4)37-17-27-48(28-18-37)56(3,60-5)49-12-8-11-42(33-49)40-9-7-10-41(31-40)45-32-44-14-13-39-22-30-51(38-19-25-47(55)26-20-38)58-54(39)53(44)57-35-45/h7-15,17,19-22,25-27,29-30,32-33,35,41,46,52,57-58H,6,16,18,23-24,28,31,34H2,1-5H3. The van der Waals surface area contributed by atoms with Crippen LogP contribution in [0.1, 0.15) is 94.4 Å². The zero-order valence-corrected chi connectivity index (χ0v) is 35.9. The first-order valence-electron chi connectivity index (χ1n) is 22.3. The molecular weight excluding hydrogens is 733 g/mol. The molecule has 3 aromatic carbocycles. The number of allylic oxidation sites excluding steroid dienone is 12. The molecule has 4 nitrogen and oxygen atoms in total. The Kier molecular flexibility index (Phi) is 10.1. The molecule has 3 aromatic rings. The van der Waals surface area contributed by atoms with Gasteiger partial charge in [0.2, 0.25) is 0 Å². The van der Waals surface area contributed by atoms with Gasteiger partial charge in [-0.2, -0.15) is 0 Å². The Bertz CT molecular complexity index is 2680. The molecule has 5 atom stereocenters. The second-order valence-corrected chi connectivity index (χ2v) is 18.2. The van der Waals surface area contributed by atoms with E-state index in [1.807, 2.05) is 14.2 Å². The van der Waals surface area contributed by atoms with Crippen LogP contribution in [0.4, 0.5) is 11.4 Å². The van der Waals surface area contributed by atoms with Crippen LogP contribution >= 0.6 is 0 Å². The third-order valence-corrected chi connectivity index (χ3v) is 15.3. The van der Waals surface area contributed by atoms with Gasteiger partial charge in [-0.15, -0.1) is 0 Å². The van der Waals surface area contributed by atoms with E-state index in [0.717, 1.165) is 62.0 Å². The summed E-state index contributed by atoms with van der Waals surface area (Å²) in [7, 11) is 3.73. The van der Waals surface area contributed by atoms with Crippen LogP contribution in [0.15, 0.2) is 155 Å². The van der Waals surface area contributed by atoms with Gasteiger partial charge in [-0.25, -0.2) is 0 Å². The molecule has 0 aromatic heterocycles. The van der Waals surface area contributed by atoms with Crippen molar-refractivity contribution in [3.63, 3.8) is 0 Å². The van der Waals surface area contributed by atoms with E-state index in [1.165, 1.54) is 78.1 Å². The lowest BCUT2D eigenvalue weighted by Gasteiger charge is -2.40. The molecule has 0 amide bonds. The van der Waals surface area contributed by atoms with Crippen LogP contribution in [0.25, 0.3) is 23.4 Å². The second-order valence-electron chi connectivity index (χ2n) is 18.2. The summed E-state index contributed by atoms with van der Waals surface area (Å²) in [5.74, 6) is 0.855. The van der Waals surface area contributed by atoms with E-state index in [2.05, 4.69) is 165 Å². The molecule has 304 valence electrons. The van der Waals surface area contributed by atoms with E-state index in [-0.39, 0.29) is 17.4 Å². The number of methoxy groups -OCH3 is 2. The van der Waals surface area contributed by atoms with E-state index in [4.69, 9.17) is 9.47 Å². The lowest BCUT2D eigenvalue weighted by molar-refractivity contribution is 0.0321. The van der Waals surface area contributed by atoms with E-state index >= 15 is 0 Å². The number of rotatable bonds is 3. The summed E-state index contributed by atoms with van der Waals surface area (Å²) in [6.07, 6.45) is 36.2. The molecule has 0 fully saturated rings. The Morgan fingerprint density at radius 2 is 1.58 bits per heavy atom. The van der Waals surface area contributed by atoms with E-state index < -0.39 is 5.60 Å². The number of anilines is 2. The lowest BCUT2D eigenvalue weighted by Crippen LogP contribution is -2.33. The zero-order valence-electron chi connectivity index (χ0n) is 35.9. The highest BCUT2D eigenvalue weighted by atomic mass is 16.5. The summed E-state index contributed by atoms with van der Waals surface area (Å²) in [6, 6.07) is 23.0. The summed E-state index contributed by atoms with van der Waals surface area (Å²) in [5.41, 5.74) is 17.6. The van der Waals surface area contributed by atoms with Crippen molar-refractivity contribution < 1.29 is 9.47 Å². The largest absolute Gasteiger partial charge is 0.376 e. The smallest absolute Gasteiger partial charge is 0.111 e. The summed E-state index contributed by atoms with van der Waals surface area (Å²) in [4.78, 5) is 0. The van der Waals surface area contributed by atoms with Gasteiger partial charge < -0.3 is 20.1 Å². The Morgan fingerprint density at radius 3 is 2.35 bits per heavy atom. The Balaban J connectivity index is 1.04. The topological polar surface area (TPSA) is 42.5 Å². The van der Waals surface area contributed by atoms with Gasteiger partial charge in [0, 0.05) is 48.9 Å². The molecule has 2 N–H and O–H groups in total. The molecule has 12 heterocycles. The summed E-state index contributed by atoms with van der Waals surface area (Å²) in [5, 5.41) is 9.99. The van der Waals surface area contributed by atoms with Crippen molar-refractivity contribution in [1.82, 2.24) is 0 Å². The van der Waals surface area contributed by atoms with Gasteiger partial charge in [-0.1, -0.05) is 123 Å². The first-order valence-corrected chi connectivity index (χ1v) is 22.3. The summed E-state index contributed by atoms with van der Waals surface area (Å²) >= 11 is 0. The third-order valence-electron chi connectivity index (χ3n) is 15.3. The van der Waals surface area contributed by atoms with Gasteiger partial charge >= 0.3 is 0 Å². The zero-order chi connectivity index (χ0) is 41.0. The SMILES string of the molecule is CCC1(C)c2ccc(cc2)C2=CC=c3ccc4c(c3N2)NC=C(C=4)C2C=CC=C(C2)c2cccc(c2)C(C)(OC)C2=CC=C(CC2)C2=CC=C(CC2OC)C2=CCC1CC2. The van der Waals surface area contributed by atoms with E-state index in [9.17, 15) is 0 Å². The normalized spacial score (nSPS) is 27.7. The van der Waals surface area contributed by atoms with Crippen LogP contribution in [0, 0.1) is 11.8 Å². The monoisotopic (exact) mass is 790 g/mol. The van der Waals surface area contributed by atoms with Gasteiger partial charge in [0.1, 0.15) is 5.60 Å². The highest BCUT2D eigenvalue weighted by Crippen LogP contribution is 2.47. The fraction of sp³-hybridized carbons (Fsp3) is 0.321. The maximum atomic E-state index is 6.45. The van der Waals surface area contributed by atoms with Gasteiger partial charge in [0.25, 0.3) is 0 Å². The van der Waals surface area contributed by atoms with Crippen molar-refractivity contribution in [2.24, 2.45) is 11.8 Å². The minimum atomic E-state index is -0.536. The van der Waals surface area contributed by atoms with Gasteiger partial charge in [-0.05, 0) is 143 Å². The molecule has 19 rings (SSSR count). The Labute approximate surface area is 356 Å². The van der Waals surface area contributed by atoms with Crippen molar-refractivity contribution in [3.05, 3.63) is 188 Å². The van der Waals surface area contributed by atoms with Gasteiger partial charge in [-0.3, -0.25) is 0 Å². The fourth-order valence-corrected chi connectivity index (χ4v) is 11.0. The highest BCUT2D eigenvalue weighted by Gasteiger charge is 2.37. The van der Waals surface area contributed by atoms with Crippen LogP contribution in [0.5, 0.6) is 0 Å². The van der Waals surface area contributed by atoms with Crippen molar-refractivity contribution in [3.8, 4) is 0 Å². The van der Waals surface area contributed by atoms with Crippen LogP contribution in [0.3, 0.4) is 0 Å². The molecule has 4 aliphatic carbocycles. The molecule has 0 saturated heterocycles. The Morgan fingerprint density at radius 1 is 0.733 bits per heavy atom.